The molecule has 8 rings (SSSR count). The number of aromatic amines is 2. The predicted molar refractivity (Wildman–Crippen MR) is 255 cm³/mol. The van der Waals surface area contributed by atoms with Crippen molar-refractivity contribution < 1.29 is 113 Å². The van der Waals surface area contributed by atoms with Gasteiger partial charge in [-0.25, -0.2) is 42.6 Å². The third-order valence-electron chi connectivity index (χ3n) is 12.2. The molecule has 0 saturated carbocycles. The summed E-state index contributed by atoms with van der Waals surface area (Å²) >= 11 is 0. The van der Waals surface area contributed by atoms with Crippen molar-refractivity contribution in [1.29, 1.82) is 0 Å². The molecule has 0 aliphatic carbocycles. The highest BCUT2D eigenvalue weighted by Crippen LogP contribution is 2.68. The Hall–Kier alpha value is -5.15. The number of amides is 1. The molecular formula is C36H52N13O26P4+. The highest BCUT2D eigenvalue weighted by atomic mass is 31.3. The van der Waals surface area contributed by atoms with Crippen molar-refractivity contribution in [2.75, 3.05) is 58.7 Å². The lowest BCUT2D eigenvalue weighted by molar-refractivity contribution is -0.745. The predicted octanol–water partition coefficient (Wildman–Crippen LogP) is -4.47. The molecule has 3 saturated heterocycles. The molecule has 79 heavy (non-hydrogen) atoms. The van der Waals surface area contributed by atoms with Crippen molar-refractivity contribution >= 4 is 71.3 Å². The number of anilines is 2. The highest BCUT2D eigenvalue weighted by Gasteiger charge is 2.54. The number of aryl methyl sites for hydroxylation is 1. The van der Waals surface area contributed by atoms with Crippen molar-refractivity contribution in [3.63, 3.8) is 0 Å². The number of hydrogen-bond acceptors (Lipinski definition) is 28. The number of carbonyl (C=O) groups is 1. The topological polar surface area (TPSA) is 546 Å². The summed E-state index contributed by atoms with van der Waals surface area (Å²) in [5, 5.41) is 35.4. The van der Waals surface area contributed by atoms with Gasteiger partial charge in [-0.05, 0) is 0 Å². The fourth-order valence-corrected chi connectivity index (χ4v) is 13.2. The number of ether oxygens (including phenoxy) is 5. The van der Waals surface area contributed by atoms with Crippen LogP contribution >= 0.6 is 31.3 Å². The number of nitrogens with two attached hydrogens (primary N) is 2. The Kier molecular flexibility index (Phi) is 18.0. The molecule has 3 fully saturated rings. The van der Waals surface area contributed by atoms with E-state index >= 15 is 0 Å². The van der Waals surface area contributed by atoms with Crippen LogP contribution in [0.2, 0.25) is 0 Å². The zero-order chi connectivity index (χ0) is 57.5. The number of hydrogen-bond donors (Lipinski definition) is 12. The van der Waals surface area contributed by atoms with Gasteiger partial charge in [-0.15, -0.1) is 0 Å². The zero-order valence-corrected chi connectivity index (χ0v) is 44.5. The van der Waals surface area contributed by atoms with E-state index in [1.807, 2.05) is 4.98 Å². The van der Waals surface area contributed by atoms with E-state index < -0.39 is 154 Å². The van der Waals surface area contributed by atoms with E-state index in [0.717, 1.165) is 36.6 Å². The minimum atomic E-state index is -6.25. The van der Waals surface area contributed by atoms with Gasteiger partial charge in [0.05, 0.1) is 45.9 Å². The van der Waals surface area contributed by atoms with E-state index in [2.05, 4.69) is 38.9 Å². The molecule has 39 nitrogen and oxygen atoms in total. The van der Waals surface area contributed by atoms with Crippen LogP contribution in [-0.4, -0.2) is 180 Å². The van der Waals surface area contributed by atoms with Gasteiger partial charge in [-0.1, -0.05) is 4.98 Å². The maximum absolute atomic E-state index is 13.6. The lowest BCUT2D eigenvalue weighted by atomic mass is 9.94. The number of aliphatic hydroxyl groups is 3. The number of phosphoric ester groups is 3. The van der Waals surface area contributed by atoms with E-state index in [0.29, 0.717) is 0 Å². The maximum Gasteiger partial charge on any atom is 0.490 e. The Morgan fingerprint density at radius 1 is 0.810 bits per heavy atom. The van der Waals surface area contributed by atoms with Crippen molar-refractivity contribution in [2.45, 2.75) is 73.9 Å². The van der Waals surface area contributed by atoms with Crippen LogP contribution in [0.25, 0.3) is 22.3 Å². The van der Waals surface area contributed by atoms with E-state index in [1.165, 1.54) is 34.2 Å². The van der Waals surface area contributed by atoms with Gasteiger partial charge in [0.1, 0.15) is 54.6 Å². The Bertz CT molecular complexity index is 3430. The molecule has 0 bridgehead atoms. The van der Waals surface area contributed by atoms with Crippen LogP contribution in [0, 0.1) is 5.92 Å². The Balaban J connectivity index is 0.950. The number of methoxy groups -OCH3 is 2. The average Bonchev–Trinajstić information content (AvgIpc) is 4.39. The first kappa shape index (κ1) is 60.0. The molecule has 1 amide bonds. The number of nitrogen functional groups attached to an aromatic ring is 2. The van der Waals surface area contributed by atoms with Gasteiger partial charge in [0.15, 0.2) is 30.2 Å². The third kappa shape index (κ3) is 13.5. The number of imidazole rings is 2. The normalized spacial score (nSPS) is 29.3. The molecule has 8 heterocycles. The fraction of sp³-hybridized carbons (Fsp3) is 0.583. The first-order chi connectivity index (χ1) is 37.1. The summed E-state index contributed by atoms with van der Waals surface area (Å²) in [5.74, 6) is -2.36. The number of aliphatic hydroxyl groups excluding tert-OH is 3. The number of nitrogens with zero attached hydrogens (tertiary/aromatic N) is 8. The number of nitrogens with one attached hydrogen (secondary N) is 3. The summed E-state index contributed by atoms with van der Waals surface area (Å²) < 4.78 is 115. The minimum Gasteiger partial charge on any atom is -0.387 e. The summed E-state index contributed by atoms with van der Waals surface area (Å²) in [5.41, 5.74) is 9.11. The van der Waals surface area contributed by atoms with Gasteiger partial charge >= 0.3 is 42.6 Å². The van der Waals surface area contributed by atoms with Crippen LogP contribution in [0.4, 0.5) is 11.8 Å². The first-order valence-corrected chi connectivity index (χ1v) is 28.8. The molecule has 3 aliphatic rings. The Morgan fingerprint density at radius 3 is 2.14 bits per heavy atom. The van der Waals surface area contributed by atoms with Gasteiger partial charge < -0.3 is 75.4 Å². The van der Waals surface area contributed by atoms with Gasteiger partial charge in [0, 0.05) is 45.4 Å². The summed E-state index contributed by atoms with van der Waals surface area (Å²) in [7, 11) is -19.7. The molecule has 5 aromatic heterocycles. The van der Waals surface area contributed by atoms with Crippen molar-refractivity contribution in [3.8, 4) is 0 Å². The van der Waals surface area contributed by atoms with Crippen LogP contribution < -0.4 is 38.2 Å². The van der Waals surface area contributed by atoms with Crippen LogP contribution in [0.15, 0.2) is 45.6 Å². The number of carbonyl (C=O) groups excluding carboxylic acids is 1. The summed E-state index contributed by atoms with van der Waals surface area (Å²) in [4.78, 5) is 113. The molecule has 3 aliphatic heterocycles. The maximum atomic E-state index is 13.6. The minimum absolute atomic E-state index is 0.00516. The number of H-pyrrole nitrogens is 2. The fourth-order valence-electron chi connectivity index (χ4n) is 8.71. The molecule has 0 aromatic carbocycles. The molecule has 436 valence electrons. The molecule has 6 unspecified atom stereocenters. The average molecular weight is 1210 g/mol. The SMILES string of the molecule is COCCNC(=O)CC1[C@@H](O)C([n+]2cn(C)c3c(=O)[nH]c(N)nc32)O[C@@H]1COP(=O)(O)OP(=O)(O)OP(=O)(O)OC[C@H]1O[C@@H](n2cnc3c(N)ncnc32)[C@H](OC)[C@@H]1OP(=O)(O)OC[C@H]1O[C@@H](n2ccc(=O)[nH]c2=O)[C@H](O)[C@@H]1O. The Labute approximate surface area is 440 Å². The van der Waals surface area contributed by atoms with Crippen LogP contribution in [-0.2, 0) is 80.5 Å². The second-order valence-corrected chi connectivity index (χ2v) is 23.5. The van der Waals surface area contributed by atoms with Crippen molar-refractivity contribution in [3.05, 3.63) is 62.4 Å². The zero-order valence-electron chi connectivity index (χ0n) is 41.0. The molecular weight excluding hydrogens is 1150 g/mol. The van der Waals surface area contributed by atoms with Gasteiger partial charge in [0.2, 0.25) is 17.7 Å². The lowest BCUT2D eigenvalue weighted by Crippen LogP contribution is -2.45. The largest absolute Gasteiger partial charge is 0.490 e. The number of aromatic nitrogens is 10. The number of fused-ring (bicyclic) bond motifs is 2. The summed E-state index contributed by atoms with van der Waals surface area (Å²) in [6.07, 6.45) is -14.5. The smallest absolute Gasteiger partial charge is 0.387 e. The van der Waals surface area contributed by atoms with E-state index in [9.17, 15) is 72.3 Å². The monoisotopic (exact) mass is 1210 g/mol. The van der Waals surface area contributed by atoms with Crippen LogP contribution in [0.5, 0.6) is 0 Å². The standard InChI is InChI=1S/C36H51N13O26P4/c1-46-14-49(30-22(46)31(55)45-35(38)44-30)32-23(52)15(8-20(51)39-5-7-65-2)16(70-32)9-68-77(59,60)74-79(63,64)75-78(61,62)69-11-18-26(27(66-3)34(72-18)48-13-42-21-28(37)40-12-41-29(21)48)73-76(57,58)67-10-17-24(53)25(54)33(71-17)47-6-4-19(50)43-36(47)56/h4,6,12-18,23-27,32-34,52-54H,5,7-11H2,1-3H3,(H10-,37,38,39,40,41,43,44,45,50,51,55,56,57,58,59,60,61,62,63,64)/p+1/t15?,16-,17-,18-,23-,24-,25-,26-,27-,32?,33-,34-/m1/s1. The number of phosphoric acid groups is 4. The van der Waals surface area contributed by atoms with Gasteiger partial charge in [-0.3, -0.25) is 56.1 Å². The second kappa shape index (κ2) is 23.7. The summed E-state index contributed by atoms with van der Waals surface area (Å²) in [6, 6.07) is 0.920. The molecule has 0 radical (unpaired) electrons. The molecule has 5 aromatic rings. The van der Waals surface area contributed by atoms with E-state index in [1.54, 1.807) is 0 Å². The lowest BCUT2D eigenvalue weighted by Gasteiger charge is -2.26. The van der Waals surface area contributed by atoms with Crippen LogP contribution in [0.1, 0.15) is 25.1 Å². The van der Waals surface area contributed by atoms with Crippen LogP contribution in [0.3, 0.4) is 0 Å². The third-order valence-corrected chi connectivity index (χ3v) is 17.4. The van der Waals surface area contributed by atoms with Gasteiger partial charge in [-0.2, -0.15) is 8.62 Å². The second-order valence-electron chi connectivity index (χ2n) is 17.4. The number of rotatable bonds is 24. The highest BCUT2D eigenvalue weighted by molar-refractivity contribution is 7.66. The first-order valence-electron chi connectivity index (χ1n) is 22.8. The van der Waals surface area contributed by atoms with E-state index in [-0.39, 0.29) is 47.2 Å². The van der Waals surface area contributed by atoms with Crippen molar-refractivity contribution in [2.24, 2.45) is 13.0 Å². The Morgan fingerprint density at radius 2 is 1.47 bits per heavy atom. The molecule has 43 heteroatoms. The van der Waals surface area contributed by atoms with Crippen molar-refractivity contribution in [1.82, 2.24) is 48.9 Å². The van der Waals surface area contributed by atoms with E-state index in [4.69, 9.17) is 53.2 Å². The summed E-state index contributed by atoms with van der Waals surface area (Å²) in [6.45, 7) is -3.26. The molecule has 16 atom stereocenters. The quantitative estimate of drug-likeness (QED) is 0.0157. The molecule has 14 N–H and O–H groups in total. The molecule has 0 spiro atoms. The van der Waals surface area contributed by atoms with Gasteiger partial charge in [0.25, 0.3) is 17.1 Å².